The summed E-state index contributed by atoms with van der Waals surface area (Å²) >= 11 is 0. The fourth-order valence-electron chi connectivity index (χ4n) is 2.54. The second-order valence-corrected chi connectivity index (χ2v) is 6.56. The summed E-state index contributed by atoms with van der Waals surface area (Å²) in [6.07, 6.45) is 2.30. The lowest BCUT2D eigenvalue weighted by atomic mass is 10.1. The molecule has 0 aliphatic carbocycles. The summed E-state index contributed by atoms with van der Waals surface area (Å²) in [5.74, 6) is 0.377. The summed E-state index contributed by atoms with van der Waals surface area (Å²) in [4.78, 5) is 12.9. The van der Waals surface area contributed by atoms with E-state index in [0.717, 1.165) is 19.3 Å². The van der Waals surface area contributed by atoms with Crippen molar-refractivity contribution in [2.24, 2.45) is 0 Å². The molecule has 16 heavy (non-hydrogen) atoms. The molecule has 0 aromatic rings. The Morgan fingerprint density at radius 1 is 1.19 bits per heavy atom. The molecule has 6 heteroatoms. The summed E-state index contributed by atoms with van der Waals surface area (Å²) in [5.41, 5.74) is 0. The first-order valence-corrected chi connectivity index (χ1v) is 7.36. The number of amides is 1. The van der Waals surface area contributed by atoms with Crippen LogP contribution in [0.4, 0.5) is 0 Å². The average molecular weight is 246 g/mol. The third-order valence-electron chi connectivity index (χ3n) is 3.46. The van der Waals surface area contributed by atoms with Gasteiger partial charge in [0.1, 0.15) is 0 Å². The van der Waals surface area contributed by atoms with Crippen molar-refractivity contribution in [3.8, 4) is 0 Å². The molecule has 0 unspecified atom stereocenters. The fraction of sp³-hybridized carbons (Fsp3) is 0.900. The second kappa shape index (κ2) is 4.33. The highest BCUT2D eigenvalue weighted by Crippen LogP contribution is 2.24. The van der Waals surface area contributed by atoms with Crippen molar-refractivity contribution >= 4 is 15.9 Å². The van der Waals surface area contributed by atoms with Crippen LogP contribution in [0.25, 0.3) is 0 Å². The number of carbonyl (C=O) groups excluding carboxylic acids is 1. The molecule has 0 N–H and O–H groups in total. The maximum absolute atomic E-state index is 11.7. The quantitative estimate of drug-likeness (QED) is 0.656. The number of nitrogens with zero attached hydrogens (tertiary/aromatic N) is 2. The lowest BCUT2D eigenvalue weighted by Gasteiger charge is -2.35. The van der Waals surface area contributed by atoms with Gasteiger partial charge in [-0.2, -0.15) is 4.31 Å². The van der Waals surface area contributed by atoms with E-state index >= 15 is 0 Å². The SMILES string of the molecule is CC(=O)N1CCC(N2CCCS2(=O)=O)CC1. The minimum absolute atomic E-state index is 0.0859. The standard InChI is InChI=1S/C10H18N2O3S/c1-9(13)11-6-3-10(4-7-11)12-5-2-8-16(12,14)15/h10H,2-8H2,1H3. The normalized spacial score (nSPS) is 27.2. The zero-order valence-corrected chi connectivity index (χ0v) is 10.4. The van der Waals surface area contributed by atoms with Gasteiger partial charge in [0.05, 0.1) is 5.75 Å². The molecule has 5 nitrogen and oxygen atoms in total. The van der Waals surface area contributed by atoms with Crippen LogP contribution in [0.1, 0.15) is 26.2 Å². The number of sulfonamides is 1. The van der Waals surface area contributed by atoms with Crippen molar-refractivity contribution in [3.63, 3.8) is 0 Å². The average Bonchev–Trinajstić information content (AvgIpc) is 2.58. The summed E-state index contributed by atoms with van der Waals surface area (Å²) < 4.78 is 25.1. The number of likely N-dealkylation sites (tertiary alicyclic amines) is 1. The van der Waals surface area contributed by atoms with E-state index in [1.165, 1.54) is 0 Å². The van der Waals surface area contributed by atoms with Crippen LogP contribution in [0.2, 0.25) is 0 Å². The Kier molecular flexibility index (Phi) is 3.21. The zero-order valence-electron chi connectivity index (χ0n) is 9.55. The number of hydrogen-bond donors (Lipinski definition) is 0. The van der Waals surface area contributed by atoms with E-state index in [2.05, 4.69) is 0 Å². The van der Waals surface area contributed by atoms with Crippen LogP contribution < -0.4 is 0 Å². The van der Waals surface area contributed by atoms with Crippen molar-refractivity contribution < 1.29 is 13.2 Å². The van der Waals surface area contributed by atoms with Gasteiger partial charge in [-0.1, -0.05) is 0 Å². The largest absolute Gasteiger partial charge is 0.343 e. The van der Waals surface area contributed by atoms with Gasteiger partial charge in [0.25, 0.3) is 0 Å². The number of carbonyl (C=O) groups is 1. The lowest BCUT2D eigenvalue weighted by molar-refractivity contribution is -0.130. The van der Waals surface area contributed by atoms with Gasteiger partial charge in [0.15, 0.2) is 0 Å². The molecule has 92 valence electrons. The highest BCUT2D eigenvalue weighted by atomic mass is 32.2. The van der Waals surface area contributed by atoms with E-state index in [1.54, 1.807) is 16.1 Å². The van der Waals surface area contributed by atoms with Gasteiger partial charge >= 0.3 is 0 Å². The molecule has 2 aliphatic rings. The Labute approximate surface area is 96.5 Å². The van der Waals surface area contributed by atoms with E-state index in [4.69, 9.17) is 0 Å². The number of piperidine rings is 1. The Morgan fingerprint density at radius 3 is 2.25 bits per heavy atom. The molecule has 1 amide bonds. The highest BCUT2D eigenvalue weighted by molar-refractivity contribution is 7.89. The molecule has 0 aromatic heterocycles. The Morgan fingerprint density at radius 2 is 1.81 bits per heavy atom. The molecule has 2 heterocycles. The van der Waals surface area contributed by atoms with Gasteiger partial charge in [-0.05, 0) is 19.3 Å². The third kappa shape index (κ3) is 2.22. The van der Waals surface area contributed by atoms with Gasteiger partial charge in [0.2, 0.25) is 15.9 Å². The van der Waals surface area contributed by atoms with Crippen molar-refractivity contribution in [2.45, 2.75) is 32.2 Å². The molecule has 0 atom stereocenters. The van der Waals surface area contributed by atoms with Crippen molar-refractivity contribution in [2.75, 3.05) is 25.4 Å². The predicted molar refractivity (Wildman–Crippen MR) is 60.4 cm³/mol. The maximum atomic E-state index is 11.7. The van der Waals surface area contributed by atoms with Crippen LogP contribution in [0.5, 0.6) is 0 Å². The second-order valence-electron chi connectivity index (χ2n) is 4.52. The fourth-order valence-corrected chi connectivity index (χ4v) is 4.34. The first-order chi connectivity index (χ1) is 7.50. The van der Waals surface area contributed by atoms with Crippen LogP contribution in [-0.2, 0) is 14.8 Å². The van der Waals surface area contributed by atoms with E-state index in [-0.39, 0.29) is 11.9 Å². The van der Waals surface area contributed by atoms with Gasteiger partial charge in [-0.3, -0.25) is 4.79 Å². The van der Waals surface area contributed by atoms with Crippen molar-refractivity contribution in [1.82, 2.24) is 9.21 Å². The van der Waals surface area contributed by atoms with Crippen molar-refractivity contribution in [1.29, 1.82) is 0 Å². The molecule has 2 saturated heterocycles. The summed E-state index contributed by atoms with van der Waals surface area (Å²) in [7, 11) is -2.99. The van der Waals surface area contributed by atoms with Gasteiger partial charge < -0.3 is 4.90 Å². The van der Waals surface area contributed by atoms with Crippen LogP contribution >= 0.6 is 0 Å². The minimum atomic E-state index is -2.99. The Balaban J connectivity index is 1.97. The Bertz CT molecular complexity index is 372. The van der Waals surface area contributed by atoms with Crippen LogP contribution in [0, 0.1) is 0 Å². The number of hydrogen-bond acceptors (Lipinski definition) is 3. The van der Waals surface area contributed by atoms with E-state index in [0.29, 0.717) is 25.4 Å². The van der Waals surface area contributed by atoms with E-state index in [9.17, 15) is 13.2 Å². The van der Waals surface area contributed by atoms with Crippen molar-refractivity contribution in [3.05, 3.63) is 0 Å². The predicted octanol–water partition coefficient (Wildman–Crippen LogP) is 0.0328. The Hall–Kier alpha value is -0.620. The topological polar surface area (TPSA) is 57.7 Å². The minimum Gasteiger partial charge on any atom is -0.343 e. The lowest BCUT2D eigenvalue weighted by Crippen LogP contribution is -2.46. The van der Waals surface area contributed by atoms with Crippen LogP contribution in [0.15, 0.2) is 0 Å². The smallest absolute Gasteiger partial charge is 0.219 e. The number of rotatable bonds is 1. The molecule has 2 fully saturated rings. The molecule has 2 aliphatic heterocycles. The maximum Gasteiger partial charge on any atom is 0.219 e. The van der Waals surface area contributed by atoms with Gasteiger partial charge in [-0.15, -0.1) is 0 Å². The molecular weight excluding hydrogens is 228 g/mol. The molecule has 0 bridgehead atoms. The summed E-state index contributed by atoms with van der Waals surface area (Å²) in [5, 5.41) is 0. The molecule has 0 spiro atoms. The summed E-state index contributed by atoms with van der Waals surface area (Å²) in [6, 6.07) is 0.114. The van der Waals surface area contributed by atoms with E-state index < -0.39 is 10.0 Å². The third-order valence-corrected chi connectivity index (χ3v) is 5.46. The summed E-state index contributed by atoms with van der Waals surface area (Å²) in [6.45, 7) is 3.60. The van der Waals surface area contributed by atoms with Gasteiger partial charge in [0, 0.05) is 32.6 Å². The van der Waals surface area contributed by atoms with Crippen LogP contribution in [0.3, 0.4) is 0 Å². The molecule has 0 radical (unpaired) electrons. The first-order valence-electron chi connectivity index (χ1n) is 5.76. The molecule has 0 aromatic carbocycles. The van der Waals surface area contributed by atoms with E-state index in [1.807, 2.05) is 0 Å². The zero-order chi connectivity index (χ0) is 11.8. The monoisotopic (exact) mass is 246 g/mol. The van der Waals surface area contributed by atoms with Gasteiger partial charge in [-0.25, -0.2) is 8.42 Å². The molecular formula is C10H18N2O3S. The molecule has 0 saturated carbocycles. The molecule has 2 rings (SSSR count). The highest BCUT2D eigenvalue weighted by Gasteiger charge is 2.36. The first kappa shape index (κ1) is 11.9. The van der Waals surface area contributed by atoms with Crippen LogP contribution in [-0.4, -0.2) is 55.0 Å².